The molecule has 128 valence electrons. The number of likely N-dealkylation sites (tertiary alicyclic amines) is 1. The molecular weight excluding hydrogens is 365 g/mol. The number of hydrogen-bond acceptors (Lipinski definition) is 3. The van der Waals surface area contributed by atoms with Crippen LogP contribution in [0.3, 0.4) is 0 Å². The molecule has 4 nitrogen and oxygen atoms in total. The molecule has 0 saturated carbocycles. The second-order valence-corrected chi connectivity index (χ2v) is 7.74. The number of nitrogens with zero attached hydrogens (tertiary/aromatic N) is 1. The van der Waals surface area contributed by atoms with Gasteiger partial charge < -0.3 is 14.4 Å². The molecule has 1 heterocycles. The number of piperidine rings is 1. The number of rotatable bonds is 3. The van der Waals surface area contributed by atoms with Crippen molar-refractivity contribution in [1.82, 2.24) is 4.90 Å². The topological polar surface area (TPSA) is 38.8 Å². The molecule has 0 radical (unpaired) electrons. The van der Waals surface area contributed by atoms with Crippen molar-refractivity contribution in [3.8, 4) is 5.75 Å². The van der Waals surface area contributed by atoms with Crippen molar-refractivity contribution in [2.24, 2.45) is 5.92 Å². The molecule has 0 aliphatic carbocycles. The summed E-state index contributed by atoms with van der Waals surface area (Å²) < 4.78 is 25.4. The maximum atomic E-state index is 13.8. The zero-order valence-corrected chi connectivity index (χ0v) is 15.4. The van der Waals surface area contributed by atoms with Crippen LogP contribution in [0.2, 0.25) is 0 Å². The van der Waals surface area contributed by atoms with E-state index in [4.69, 9.17) is 9.47 Å². The van der Waals surface area contributed by atoms with Crippen molar-refractivity contribution >= 4 is 22.0 Å². The van der Waals surface area contributed by atoms with Gasteiger partial charge in [-0.15, -0.1) is 0 Å². The lowest BCUT2D eigenvalue weighted by Crippen LogP contribution is -2.44. The van der Waals surface area contributed by atoms with E-state index in [1.807, 2.05) is 20.8 Å². The summed E-state index contributed by atoms with van der Waals surface area (Å²) in [5.41, 5.74) is -0.499. The average molecular weight is 388 g/mol. The molecule has 0 spiro atoms. The molecule has 1 saturated heterocycles. The van der Waals surface area contributed by atoms with Crippen molar-refractivity contribution in [2.45, 2.75) is 39.2 Å². The number of benzene rings is 1. The summed E-state index contributed by atoms with van der Waals surface area (Å²) in [5, 5.41) is 0. The Bertz CT molecular complexity index is 559. The largest absolute Gasteiger partial charge is 0.490 e. The van der Waals surface area contributed by atoms with E-state index >= 15 is 0 Å². The van der Waals surface area contributed by atoms with Crippen LogP contribution in [-0.2, 0) is 4.74 Å². The van der Waals surface area contributed by atoms with Crippen LogP contribution in [0.15, 0.2) is 22.7 Å². The number of halogens is 2. The zero-order chi connectivity index (χ0) is 17.0. The standard InChI is InChI=1S/C17H23BrFNO3/c1-17(2,3)23-16(21)20-8-4-5-12(10-20)11-22-15-7-6-13(18)9-14(15)19/h6-7,9,12H,4-5,8,10-11H2,1-3H3/t12-/m0/s1. The highest BCUT2D eigenvalue weighted by atomic mass is 79.9. The maximum Gasteiger partial charge on any atom is 0.410 e. The Balaban J connectivity index is 1.87. The highest BCUT2D eigenvalue weighted by molar-refractivity contribution is 9.10. The first-order valence-corrected chi connectivity index (χ1v) is 8.59. The number of carbonyl (C=O) groups is 1. The predicted molar refractivity (Wildman–Crippen MR) is 90.1 cm³/mol. The van der Waals surface area contributed by atoms with E-state index in [-0.39, 0.29) is 23.6 Å². The monoisotopic (exact) mass is 387 g/mol. The highest BCUT2D eigenvalue weighted by Gasteiger charge is 2.28. The van der Waals surface area contributed by atoms with Gasteiger partial charge in [-0.3, -0.25) is 0 Å². The van der Waals surface area contributed by atoms with Crippen molar-refractivity contribution in [2.75, 3.05) is 19.7 Å². The van der Waals surface area contributed by atoms with Crippen LogP contribution in [-0.4, -0.2) is 36.3 Å². The van der Waals surface area contributed by atoms with E-state index in [9.17, 15) is 9.18 Å². The van der Waals surface area contributed by atoms with E-state index in [1.165, 1.54) is 6.07 Å². The van der Waals surface area contributed by atoms with E-state index in [0.717, 1.165) is 12.8 Å². The fourth-order valence-corrected chi connectivity index (χ4v) is 2.83. The van der Waals surface area contributed by atoms with Crippen LogP contribution in [0.5, 0.6) is 5.75 Å². The summed E-state index contributed by atoms with van der Waals surface area (Å²) in [6.45, 7) is 7.21. The molecule has 6 heteroatoms. The first-order valence-electron chi connectivity index (χ1n) is 7.80. The van der Waals surface area contributed by atoms with Crippen LogP contribution < -0.4 is 4.74 Å². The van der Waals surface area contributed by atoms with Gasteiger partial charge in [0.15, 0.2) is 11.6 Å². The molecule has 1 aromatic rings. The average Bonchev–Trinajstić information content (AvgIpc) is 2.45. The molecule has 1 amide bonds. The van der Waals surface area contributed by atoms with Gasteiger partial charge in [0.2, 0.25) is 0 Å². The van der Waals surface area contributed by atoms with Crippen molar-refractivity contribution in [3.63, 3.8) is 0 Å². The normalized spacial score (nSPS) is 18.7. The summed E-state index contributed by atoms with van der Waals surface area (Å²) in [6, 6.07) is 4.73. The Kier molecular flexibility index (Phi) is 5.89. The van der Waals surface area contributed by atoms with Gasteiger partial charge in [-0.25, -0.2) is 9.18 Å². The zero-order valence-electron chi connectivity index (χ0n) is 13.8. The third kappa shape index (κ3) is 5.68. The number of amides is 1. The van der Waals surface area contributed by atoms with E-state index in [1.54, 1.807) is 17.0 Å². The van der Waals surface area contributed by atoms with Crippen molar-refractivity contribution in [1.29, 1.82) is 0 Å². The molecule has 0 unspecified atom stereocenters. The minimum absolute atomic E-state index is 0.180. The van der Waals surface area contributed by atoms with Gasteiger partial charge in [0, 0.05) is 23.5 Å². The van der Waals surface area contributed by atoms with E-state index in [2.05, 4.69) is 15.9 Å². The fourth-order valence-electron chi connectivity index (χ4n) is 2.49. The van der Waals surface area contributed by atoms with Gasteiger partial charge in [-0.2, -0.15) is 0 Å². The van der Waals surface area contributed by atoms with Crippen molar-refractivity contribution < 1.29 is 18.7 Å². The Morgan fingerprint density at radius 1 is 1.43 bits per heavy atom. The van der Waals surface area contributed by atoms with Gasteiger partial charge in [0.05, 0.1) is 6.61 Å². The van der Waals surface area contributed by atoms with Crippen LogP contribution in [0.25, 0.3) is 0 Å². The minimum atomic E-state index is -0.499. The molecule has 1 aliphatic heterocycles. The molecule has 0 aromatic heterocycles. The molecule has 1 aromatic carbocycles. The lowest BCUT2D eigenvalue weighted by atomic mass is 9.99. The molecule has 23 heavy (non-hydrogen) atoms. The summed E-state index contributed by atoms with van der Waals surface area (Å²) in [7, 11) is 0. The Morgan fingerprint density at radius 3 is 2.83 bits per heavy atom. The van der Waals surface area contributed by atoms with Crippen LogP contribution in [0.1, 0.15) is 33.6 Å². The predicted octanol–water partition coefficient (Wildman–Crippen LogP) is 4.61. The first-order chi connectivity index (χ1) is 10.7. The summed E-state index contributed by atoms with van der Waals surface area (Å²) in [5.74, 6) is 0.0288. The van der Waals surface area contributed by atoms with Gasteiger partial charge in [-0.05, 0) is 51.8 Å². The molecule has 0 bridgehead atoms. The number of carbonyl (C=O) groups excluding carboxylic acids is 1. The van der Waals surface area contributed by atoms with Crippen LogP contribution in [0, 0.1) is 11.7 Å². The molecule has 1 fully saturated rings. The smallest absolute Gasteiger partial charge is 0.410 e. The molecular formula is C17H23BrFNO3. The molecule has 2 rings (SSSR count). The SMILES string of the molecule is CC(C)(C)OC(=O)N1CCC[C@H](COc2ccc(Br)cc2F)C1. The lowest BCUT2D eigenvalue weighted by Gasteiger charge is -2.34. The fraction of sp³-hybridized carbons (Fsp3) is 0.588. The summed E-state index contributed by atoms with van der Waals surface area (Å²) in [4.78, 5) is 13.8. The van der Waals surface area contributed by atoms with E-state index < -0.39 is 5.60 Å². The lowest BCUT2D eigenvalue weighted by molar-refractivity contribution is 0.0138. The Hall–Kier alpha value is -1.30. The van der Waals surface area contributed by atoms with Gasteiger partial charge in [0.25, 0.3) is 0 Å². The molecule has 1 aliphatic rings. The third-order valence-electron chi connectivity index (χ3n) is 3.54. The van der Waals surface area contributed by atoms with Gasteiger partial charge >= 0.3 is 6.09 Å². The van der Waals surface area contributed by atoms with E-state index in [0.29, 0.717) is 24.2 Å². The Morgan fingerprint density at radius 2 is 2.17 bits per heavy atom. The Labute approximate surface area is 145 Å². The second-order valence-electron chi connectivity index (χ2n) is 6.82. The van der Waals surface area contributed by atoms with Crippen LogP contribution in [0.4, 0.5) is 9.18 Å². The second kappa shape index (κ2) is 7.51. The highest BCUT2D eigenvalue weighted by Crippen LogP contribution is 2.24. The number of hydrogen-bond donors (Lipinski definition) is 0. The third-order valence-corrected chi connectivity index (χ3v) is 4.03. The van der Waals surface area contributed by atoms with Crippen molar-refractivity contribution in [3.05, 3.63) is 28.5 Å². The summed E-state index contributed by atoms with van der Waals surface area (Å²) in [6.07, 6.45) is 1.56. The molecule has 1 atom stereocenters. The van der Waals surface area contributed by atoms with Crippen LogP contribution >= 0.6 is 15.9 Å². The summed E-state index contributed by atoms with van der Waals surface area (Å²) >= 11 is 3.22. The quantitative estimate of drug-likeness (QED) is 0.759. The van der Waals surface area contributed by atoms with Gasteiger partial charge in [-0.1, -0.05) is 15.9 Å². The number of ether oxygens (including phenoxy) is 2. The molecule has 0 N–H and O–H groups in total. The minimum Gasteiger partial charge on any atom is -0.490 e. The maximum absolute atomic E-state index is 13.8. The van der Waals surface area contributed by atoms with Gasteiger partial charge in [0.1, 0.15) is 5.60 Å². The first kappa shape index (κ1) is 18.0.